The average Bonchev–Trinajstić information content (AvgIpc) is 2.49. The van der Waals surface area contributed by atoms with E-state index in [1.54, 1.807) is 6.08 Å². The molecule has 1 N–H and O–H groups in total. The quantitative estimate of drug-likeness (QED) is 0.443. The zero-order valence-corrected chi connectivity index (χ0v) is 13.7. The maximum Gasteiger partial charge on any atom is 0.331 e. The predicted molar refractivity (Wildman–Crippen MR) is 86.7 cm³/mol. The van der Waals surface area contributed by atoms with Crippen molar-refractivity contribution in [3.8, 4) is 0 Å². The fourth-order valence-electron chi connectivity index (χ4n) is 1.58. The molecule has 0 aliphatic carbocycles. The number of ether oxygens (including phenoxy) is 1. The second-order valence-corrected chi connectivity index (χ2v) is 5.47. The third-order valence-corrected chi connectivity index (χ3v) is 3.26. The molecule has 1 aromatic carbocycles. The van der Waals surface area contributed by atoms with Crippen LogP contribution in [0, 0.1) is 0 Å². The number of carbonyl (C=O) groups excluding carboxylic acids is 2. The number of halogens is 1. The van der Waals surface area contributed by atoms with Gasteiger partial charge >= 0.3 is 5.97 Å². The number of carbonyl (C=O) groups is 2. The van der Waals surface area contributed by atoms with Gasteiger partial charge in [0, 0.05) is 17.1 Å². The Kier molecular flexibility index (Phi) is 8.43. The lowest BCUT2D eigenvalue weighted by atomic mass is 10.2. The van der Waals surface area contributed by atoms with E-state index in [4.69, 9.17) is 4.74 Å². The third kappa shape index (κ3) is 8.30. The Labute approximate surface area is 133 Å². The number of esters is 1. The van der Waals surface area contributed by atoms with Crippen molar-refractivity contribution in [3.63, 3.8) is 0 Å². The van der Waals surface area contributed by atoms with Crippen LogP contribution in [0.2, 0.25) is 0 Å². The summed E-state index contributed by atoms with van der Waals surface area (Å²) in [5, 5.41) is 2.71. The number of unbranched alkanes of at least 4 members (excludes halogenated alkanes) is 2. The van der Waals surface area contributed by atoms with Crippen LogP contribution in [0.25, 0.3) is 6.08 Å². The van der Waals surface area contributed by atoms with Gasteiger partial charge in [0.05, 0.1) is 0 Å². The molecule has 0 unspecified atom stereocenters. The number of nitrogens with one attached hydrogen (secondary N) is 1. The largest absolute Gasteiger partial charge is 0.452 e. The molecule has 0 radical (unpaired) electrons. The summed E-state index contributed by atoms with van der Waals surface area (Å²) < 4.78 is 5.83. The normalized spacial score (nSPS) is 10.6. The van der Waals surface area contributed by atoms with E-state index in [9.17, 15) is 9.59 Å². The molecule has 0 saturated heterocycles. The number of hydrogen-bond donors (Lipinski definition) is 1. The fourth-order valence-corrected chi connectivity index (χ4v) is 1.84. The Morgan fingerprint density at radius 1 is 1.24 bits per heavy atom. The molecule has 0 aliphatic heterocycles. The van der Waals surface area contributed by atoms with Crippen LogP contribution in [0.3, 0.4) is 0 Å². The number of hydrogen-bond acceptors (Lipinski definition) is 3. The van der Waals surface area contributed by atoms with Gasteiger partial charge in [-0.2, -0.15) is 0 Å². The molecule has 0 spiro atoms. The molecular formula is C16H20BrNO3. The van der Waals surface area contributed by atoms with Crippen LogP contribution in [0.4, 0.5) is 0 Å². The van der Waals surface area contributed by atoms with Crippen molar-refractivity contribution in [1.29, 1.82) is 0 Å². The Balaban J connectivity index is 2.24. The Hall–Kier alpha value is -1.62. The highest BCUT2D eigenvalue weighted by atomic mass is 79.9. The molecule has 21 heavy (non-hydrogen) atoms. The minimum atomic E-state index is -0.526. The minimum Gasteiger partial charge on any atom is -0.452 e. The number of rotatable bonds is 8. The van der Waals surface area contributed by atoms with Crippen molar-refractivity contribution in [3.05, 3.63) is 40.4 Å². The van der Waals surface area contributed by atoms with Gasteiger partial charge in [-0.25, -0.2) is 4.79 Å². The van der Waals surface area contributed by atoms with Crippen LogP contribution < -0.4 is 5.32 Å². The summed E-state index contributed by atoms with van der Waals surface area (Å²) in [6.45, 7) is 2.48. The second kappa shape index (κ2) is 10.2. The minimum absolute atomic E-state index is 0.240. The molecule has 0 bridgehead atoms. The van der Waals surface area contributed by atoms with Gasteiger partial charge in [-0.05, 0) is 30.2 Å². The van der Waals surface area contributed by atoms with Gasteiger partial charge in [0.1, 0.15) is 0 Å². The lowest BCUT2D eigenvalue weighted by Crippen LogP contribution is -2.29. The fraction of sp³-hybridized carbons (Fsp3) is 0.375. The van der Waals surface area contributed by atoms with Gasteiger partial charge < -0.3 is 10.1 Å². The highest BCUT2D eigenvalue weighted by molar-refractivity contribution is 9.10. The zero-order chi connectivity index (χ0) is 15.5. The van der Waals surface area contributed by atoms with Crippen LogP contribution in [0.15, 0.2) is 34.8 Å². The van der Waals surface area contributed by atoms with Gasteiger partial charge in [-0.1, -0.05) is 47.8 Å². The Morgan fingerprint density at radius 3 is 2.62 bits per heavy atom. The first kappa shape index (κ1) is 17.4. The van der Waals surface area contributed by atoms with Gasteiger partial charge in [-0.15, -0.1) is 0 Å². The van der Waals surface area contributed by atoms with Crippen molar-refractivity contribution in [2.45, 2.75) is 26.2 Å². The SMILES string of the molecule is CCCCCNC(=O)COC(=O)/C=C/c1ccc(Br)cc1. The van der Waals surface area contributed by atoms with Crippen molar-refractivity contribution in [2.24, 2.45) is 0 Å². The first-order chi connectivity index (χ1) is 10.1. The Morgan fingerprint density at radius 2 is 1.95 bits per heavy atom. The summed E-state index contributed by atoms with van der Waals surface area (Å²) in [5.74, 6) is -0.793. The molecule has 0 aliphatic rings. The topological polar surface area (TPSA) is 55.4 Å². The van der Waals surface area contributed by atoms with Crippen molar-refractivity contribution < 1.29 is 14.3 Å². The second-order valence-electron chi connectivity index (χ2n) is 4.55. The molecule has 4 nitrogen and oxygen atoms in total. The lowest BCUT2D eigenvalue weighted by molar-refractivity contribution is -0.143. The average molecular weight is 354 g/mol. The maximum absolute atomic E-state index is 11.5. The monoisotopic (exact) mass is 353 g/mol. The smallest absolute Gasteiger partial charge is 0.331 e. The van der Waals surface area contributed by atoms with Crippen molar-refractivity contribution in [2.75, 3.05) is 13.2 Å². The molecule has 0 aromatic heterocycles. The van der Waals surface area contributed by atoms with E-state index in [2.05, 4.69) is 28.2 Å². The first-order valence-corrected chi connectivity index (χ1v) is 7.78. The van der Waals surface area contributed by atoms with Crippen molar-refractivity contribution >= 4 is 33.9 Å². The molecular weight excluding hydrogens is 334 g/mol. The molecule has 0 fully saturated rings. The van der Waals surface area contributed by atoms with E-state index >= 15 is 0 Å². The predicted octanol–water partition coefficient (Wildman–Crippen LogP) is 3.31. The summed E-state index contributed by atoms with van der Waals surface area (Å²) in [6.07, 6.45) is 6.09. The molecule has 5 heteroatoms. The van der Waals surface area contributed by atoms with E-state index in [0.717, 1.165) is 29.3 Å². The molecule has 0 atom stereocenters. The maximum atomic E-state index is 11.5. The summed E-state index contributed by atoms with van der Waals surface area (Å²) in [5.41, 5.74) is 0.888. The van der Waals surface area contributed by atoms with E-state index in [1.165, 1.54) is 6.08 Å². The van der Waals surface area contributed by atoms with E-state index in [1.807, 2.05) is 24.3 Å². The van der Waals surface area contributed by atoms with Crippen LogP contribution >= 0.6 is 15.9 Å². The number of benzene rings is 1. The van der Waals surface area contributed by atoms with E-state index in [0.29, 0.717) is 6.54 Å². The molecule has 114 valence electrons. The summed E-state index contributed by atoms with van der Waals surface area (Å²) in [4.78, 5) is 22.9. The van der Waals surface area contributed by atoms with E-state index in [-0.39, 0.29) is 12.5 Å². The molecule has 0 heterocycles. The van der Waals surface area contributed by atoms with Crippen LogP contribution in [-0.2, 0) is 14.3 Å². The lowest BCUT2D eigenvalue weighted by Gasteiger charge is -2.04. The molecule has 1 rings (SSSR count). The van der Waals surface area contributed by atoms with Crippen LogP contribution in [0.5, 0.6) is 0 Å². The summed E-state index contributed by atoms with van der Waals surface area (Å²) in [6, 6.07) is 7.51. The summed E-state index contributed by atoms with van der Waals surface area (Å²) in [7, 11) is 0. The van der Waals surface area contributed by atoms with E-state index < -0.39 is 5.97 Å². The third-order valence-electron chi connectivity index (χ3n) is 2.73. The highest BCUT2D eigenvalue weighted by Gasteiger charge is 2.04. The highest BCUT2D eigenvalue weighted by Crippen LogP contribution is 2.11. The Bertz CT molecular complexity index is 483. The molecule has 0 saturated carbocycles. The number of amides is 1. The zero-order valence-electron chi connectivity index (χ0n) is 12.1. The van der Waals surface area contributed by atoms with Crippen molar-refractivity contribution in [1.82, 2.24) is 5.32 Å². The van der Waals surface area contributed by atoms with Gasteiger partial charge in [-0.3, -0.25) is 4.79 Å². The van der Waals surface area contributed by atoms with Gasteiger partial charge in [0.25, 0.3) is 5.91 Å². The van der Waals surface area contributed by atoms with Crippen LogP contribution in [-0.4, -0.2) is 25.0 Å². The first-order valence-electron chi connectivity index (χ1n) is 6.99. The summed E-state index contributed by atoms with van der Waals surface area (Å²) >= 11 is 3.34. The van der Waals surface area contributed by atoms with Gasteiger partial charge in [0.15, 0.2) is 6.61 Å². The molecule has 1 aromatic rings. The molecule has 1 amide bonds. The van der Waals surface area contributed by atoms with Crippen LogP contribution in [0.1, 0.15) is 31.7 Å². The standard InChI is InChI=1S/C16H20BrNO3/c1-2-3-4-11-18-15(19)12-21-16(20)10-7-13-5-8-14(17)9-6-13/h5-10H,2-4,11-12H2,1H3,(H,18,19)/b10-7+. The van der Waals surface area contributed by atoms with Gasteiger partial charge in [0.2, 0.25) is 0 Å².